The first-order valence-electron chi connectivity index (χ1n) is 5.48. The molecule has 2 unspecified atom stereocenters. The lowest BCUT2D eigenvalue weighted by Gasteiger charge is -2.15. The van der Waals surface area contributed by atoms with E-state index in [1.165, 1.54) is 31.5 Å². The summed E-state index contributed by atoms with van der Waals surface area (Å²) < 4.78 is 2.31. The Balaban J connectivity index is 2.17. The molecule has 0 radical (unpaired) electrons. The quantitative estimate of drug-likeness (QED) is 0.759. The number of hydrogen-bond donors (Lipinski definition) is 0. The lowest BCUT2D eigenvalue weighted by Crippen LogP contribution is -2.12. The third-order valence-corrected chi connectivity index (χ3v) is 4.07. The summed E-state index contributed by atoms with van der Waals surface area (Å²) in [6.45, 7) is 3.32. The first-order chi connectivity index (χ1) is 6.83. The second-order valence-electron chi connectivity index (χ2n) is 4.03. The summed E-state index contributed by atoms with van der Waals surface area (Å²) in [7, 11) is 0. The van der Waals surface area contributed by atoms with Gasteiger partial charge in [-0.05, 0) is 19.3 Å². The Morgan fingerprint density at radius 3 is 3.07 bits per heavy atom. The van der Waals surface area contributed by atoms with Gasteiger partial charge in [0.25, 0.3) is 0 Å². The molecule has 78 valence electrons. The van der Waals surface area contributed by atoms with E-state index in [9.17, 15) is 0 Å². The van der Waals surface area contributed by atoms with Crippen molar-refractivity contribution in [2.24, 2.45) is 0 Å². The van der Waals surface area contributed by atoms with Crippen molar-refractivity contribution in [2.45, 2.75) is 49.9 Å². The maximum Gasteiger partial charge on any atom is 0.112 e. The molecule has 0 saturated heterocycles. The van der Waals surface area contributed by atoms with E-state index in [0.29, 0.717) is 10.7 Å². The van der Waals surface area contributed by atoms with E-state index >= 15 is 0 Å². The molecule has 0 spiro atoms. The van der Waals surface area contributed by atoms with Gasteiger partial charge in [-0.25, -0.2) is 4.98 Å². The van der Waals surface area contributed by atoms with Crippen molar-refractivity contribution in [2.75, 3.05) is 0 Å². The lowest BCUT2D eigenvalue weighted by molar-refractivity contribution is 0.582. The van der Waals surface area contributed by atoms with Crippen molar-refractivity contribution >= 4 is 15.9 Å². The van der Waals surface area contributed by atoms with Gasteiger partial charge in [-0.2, -0.15) is 0 Å². The van der Waals surface area contributed by atoms with Crippen LogP contribution in [-0.2, 0) is 6.54 Å². The number of aromatic nitrogens is 2. The van der Waals surface area contributed by atoms with E-state index in [2.05, 4.69) is 38.6 Å². The van der Waals surface area contributed by atoms with Crippen molar-refractivity contribution in [1.29, 1.82) is 0 Å². The number of hydrogen-bond acceptors (Lipinski definition) is 1. The largest absolute Gasteiger partial charge is 0.335 e. The zero-order chi connectivity index (χ0) is 9.97. The number of imidazole rings is 1. The minimum absolute atomic E-state index is 0.636. The van der Waals surface area contributed by atoms with Crippen LogP contribution >= 0.6 is 15.9 Å². The van der Waals surface area contributed by atoms with Crippen LogP contribution in [0.2, 0.25) is 0 Å². The van der Waals surface area contributed by atoms with Gasteiger partial charge in [-0.1, -0.05) is 29.3 Å². The predicted molar refractivity (Wildman–Crippen MR) is 61.8 cm³/mol. The van der Waals surface area contributed by atoms with Crippen molar-refractivity contribution in [3.05, 3.63) is 18.2 Å². The van der Waals surface area contributed by atoms with Crippen LogP contribution in [0.4, 0.5) is 0 Å². The summed E-state index contributed by atoms with van der Waals surface area (Å²) >= 11 is 3.76. The van der Waals surface area contributed by atoms with Crippen molar-refractivity contribution in [3.8, 4) is 0 Å². The van der Waals surface area contributed by atoms with Crippen LogP contribution in [0.25, 0.3) is 0 Å². The molecule has 14 heavy (non-hydrogen) atoms. The van der Waals surface area contributed by atoms with Crippen LogP contribution in [0.1, 0.15) is 44.3 Å². The smallest absolute Gasteiger partial charge is 0.112 e. The molecular formula is C11H17BrN2. The van der Waals surface area contributed by atoms with E-state index < -0.39 is 0 Å². The molecule has 1 heterocycles. The van der Waals surface area contributed by atoms with Crippen LogP contribution in [-0.4, -0.2) is 14.4 Å². The van der Waals surface area contributed by atoms with Crippen LogP contribution in [0.3, 0.4) is 0 Å². The molecule has 2 rings (SSSR count). The van der Waals surface area contributed by atoms with Crippen LogP contribution < -0.4 is 0 Å². The van der Waals surface area contributed by atoms with Crippen molar-refractivity contribution < 1.29 is 0 Å². The molecule has 0 aromatic carbocycles. The highest BCUT2D eigenvalue weighted by Gasteiger charge is 2.29. The maximum atomic E-state index is 4.50. The van der Waals surface area contributed by atoms with Crippen LogP contribution in [0, 0.1) is 0 Å². The van der Waals surface area contributed by atoms with Gasteiger partial charge in [-0.15, -0.1) is 0 Å². The Morgan fingerprint density at radius 1 is 1.57 bits per heavy atom. The van der Waals surface area contributed by atoms with Gasteiger partial charge in [0.1, 0.15) is 5.82 Å². The van der Waals surface area contributed by atoms with Gasteiger partial charge in [-0.3, -0.25) is 0 Å². The molecule has 0 amide bonds. The molecule has 2 atom stereocenters. The monoisotopic (exact) mass is 256 g/mol. The molecule has 2 nitrogen and oxygen atoms in total. The molecule has 1 aliphatic carbocycles. The van der Waals surface area contributed by atoms with E-state index in [1.54, 1.807) is 0 Å². The van der Waals surface area contributed by atoms with E-state index in [1.807, 2.05) is 6.20 Å². The van der Waals surface area contributed by atoms with E-state index in [0.717, 1.165) is 6.54 Å². The standard InChI is InChI=1S/C11H17BrN2/c1-2-7-14-8-6-13-11(14)9-4-3-5-10(9)12/h6,8-10H,2-5,7H2,1H3. The average Bonchev–Trinajstić information content (AvgIpc) is 2.74. The van der Waals surface area contributed by atoms with Gasteiger partial charge >= 0.3 is 0 Å². The second-order valence-corrected chi connectivity index (χ2v) is 5.21. The molecule has 0 bridgehead atoms. The van der Waals surface area contributed by atoms with Gasteiger partial charge in [0.15, 0.2) is 0 Å². The molecule has 1 saturated carbocycles. The molecule has 1 aliphatic rings. The van der Waals surface area contributed by atoms with Crippen molar-refractivity contribution in [3.63, 3.8) is 0 Å². The summed E-state index contributed by atoms with van der Waals surface area (Å²) in [5.41, 5.74) is 0. The molecular weight excluding hydrogens is 240 g/mol. The summed E-state index contributed by atoms with van der Waals surface area (Å²) in [4.78, 5) is 5.14. The molecule has 1 fully saturated rings. The highest BCUT2D eigenvalue weighted by atomic mass is 79.9. The maximum absolute atomic E-state index is 4.50. The molecule has 0 N–H and O–H groups in total. The summed E-state index contributed by atoms with van der Waals surface area (Å²) in [6, 6.07) is 0. The van der Waals surface area contributed by atoms with Gasteiger partial charge in [0.05, 0.1) is 0 Å². The minimum atomic E-state index is 0.636. The lowest BCUT2D eigenvalue weighted by atomic mass is 10.1. The fourth-order valence-electron chi connectivity index (χ4n) is 2.29. The molecule has 1 aromatic rings. The van der Waals surface area contributed by atoms with Gasteiger partial charge in [0, 0.05) is 29.7 Å². The summed E-state index contributed by atoms with van der Waals surface area (Å²) in [5.74, 6) is 1.92. The normalized spacial score (nSPS) is 27.0. The number of alkyl halides is 1. The van der Waals surface area contributed by atoms with Gasteiger partial charge in [0.2, 0.25) is 0 Å². The average molecular weight is 257 g/mol. The summed E-state index contributed by atoms with van der Waals surface area (Å²) in [6.07, 6.45) is 9.14. The van der Waals surface area contributed by atoms with E-state index in [4.69, 9.17) is 0 Å². The predicted octanol–water partition coefficient (Wildman–Crippen LogP) is 3.32. The first-order valence-corrected chi connectivity index (χ1v) is 6.39. The minimum Gasteiger partial charge on any atom is -0.335 e. The fraction of sp³-hybridized carbons (Fsp3) is 0.727. The van der Waals surface area contributed by atoms with Crippen LogP contribution in [0.15, 0.2) is 12.4 Å². The SMILES string of the molecule is CCCn1ccnc1C1CCCC1Br. The number of nitrogens with zero attached hydrogens (tertiary/aromatic N) is 2. The fourth-order valence-corrected chi connectivity index (χ4v) is 3.11. The zero-order valence-electron chi connectivity index (χ0n) is 8.62. The van der Waals surface area contributed by atoms with Crippen LogP contribution in [0.5, 0.6) is 0 Å². The first kappa shape index (κ1) is 10.2. The molecule has 3 heteroatoms. The Kier molecular flexibility index (Phi) is 3.26. The highest BCUT2D eigenvalue weighted by molar-refractivity contribution is 9.09. The Bertz CT molecular complexity index is 295. The zero-order valence-corrected chi connectivity index (χ0v) is 10.2. The summed E-state index contributed by atoms with van der Waals surface area (Å²) in [5, 5.41) is 0. The Morgan fingerprint density at radius 2 is 2.43 bits per heavy atom. The van der Waals surface area contributed by atoms with Gasteiger partial charge < -0.3 is 4.57 Å². The number of halogens is 1. The Labute approximate surface area is 93.9 Å². The second kappa shape index (κ2) is 4.47. The third-order valence-electron chi connectivity index (χ3n) is 2.98. The molecule has 1 aromatic heterocycles. The number of rotatable bonds is 3. The van der Waals surface area contributed by atoms with Crippen molar-refractivity contribution in [1.82, 2.24) is 9.55 Å². The molecule has 0 aliphatic heterocycles. The topological polar surface area (TPSA) is 17.8 Å². The number of aryl methyl sites for hydroxylation is 1. The van der Waals surface area contributed by atoms with E-state index in [-0.39, 0.29) is 0 Å². The third kappa shape index (κ3) is 1.88. The highest BCUT2D eigenvalue weighted by Crippen LogP contribution is 2.38. The Hall–Kier alpha value is -0.310.